The van der Waals surface area contributed by atoms with E-state index in [2.05, 4.69) is 13.0 Å². The molecule has 0 aliphatic rings. The van der Waals surface area contributed by atoms with Crippen molar-refractivity contribution in [1.29, 1.82) is 0 Å². The highest BCUT2D eigenvalue weighted by Crippen LogP contribution is 2.14. The van der Waals surface area contributed by atoms with Gasteiger partial charge in [-0.1, -0.05) is 23.8 Å². The zero-order valence-corrected chi connectivity index (χ0v) is 9.93. The molecule has 0 N–H and O–H groups in total. The largest absolute Gasteiger partial charge is 0.373 e. The van der Waals surface area contributed by atoms with Crippen LogP contribution in [0.1, 0.15) is 30.5 Å². The Balaban J connectivity index is 2.51. The Labute approximate surface area is 91.3 Å². The van der Waals surface area contributed by atoms with E-state index in [-0.39, 0.29) is 6.61 Å². The van der Waals surface area contributed by atoms with Gasteiger partial charge in [-0.2, -0.15) is 0 Å². The Kier molecular flexibility index (Phi) is 3.86. The zero-order chi connectivity index (χ0) is 11.5. The van der Waals surface area contributed by atoms with Gasteiger partial charge >= 0.3 is 0 Å². The predicted molar refractivity (Wildman–Crippen MR) is 60.8 cm³/mol. The molecule has 1 rings (SSSR count). The van der Waals surface area contributed by atoms with Crippen molar-refractivity contribution in [2.24, 2.45) is 0 Å². The normalized spacial score (nSPS) is 11.8. The van der Waals surface area contributed by atoms with Gasteiger partial charge in [0.25, 0.3) is 0 Å². The fraction of sp³-hybridized carbons (Fsp3) is 0.538. The highest BCUT2D eigenvalue weighted by molar-refractivity contribution is 5.29. The molecule has 0 fully saturated rings. The maximum atomic E-state index is 13.1. The minimum Gasteiger partial charge on any atom is -0.373 e. The molecule has 0 unspecified atom stereocenters. The molecule has 0 aromatic heterocycles. The number of ether oxygens (including phenoxy) is 1. The highest BCUT2D eigenvalue weighted by atomic mass is 19.1. The molecule has 0 aliphatic heterocycles. The van der Waals surface area contributed by atoms with Crippen molar-refractivity contribution in [3.63, 3.8) is 0 Å². The van der Waals surface area contributed by atoms with Crippen LogP contribution in [-0.2, 0) is 11.3 Å². The lowest BCUT2D eigenvalue weighted by Gasteiger charge is -2.15. The number of hydrogen-bond acceptors (Lipinski definition) is 1. The Morgan fingerprint density at radius 1 is 1.27 bits per heavy atom. The lowest BCUT2D eigenvalue weighted by Crippen LogP contribution is -2.20. The van der Waals surface area contributed by atoms with Gasteiger partial charge in [0.15, 0.2) is 0 Å². The van der Waals surface area contributed by atoms with Gasteiger partial charge in [0.2, 0.25) is 0 Å². The zero-order valence-electron chi connectivity index (χ0n) is 9.93. The molecular weight excluding hydrogens is 191 g/mol. The van der Waals surface area contributed by atoms with E-state index < -0.39 is 5.67 Å². The van der Waals surface area contributed by atoms with Gasteiger partial charge in [-0.15, -0.1) is 0 Å². The molecule has 0 spiro atoms. The average molecular weight is 210 g/mol. The van der Waals surface area contributed by atoms with Crippen LogP contribution in [0.15, 0.2) is 18.2 Å². The summed E-state index contributed by atoms with van der Waals surface area (Å²) in [7, 11) is 0. The van der Waals surface area contributed by atoms with Crippen molar-refractivity contribution in [3.05, 3.63) is 34.9 Å². The van der Waals surface area contributed by atoms with Crippen molar-refractivity contribution in [3.8, 4) is 0 Å². The average Bonchev–Trinajstić information content (AvgIpc) is 2.07. The molecule has 0 amide bonds. The van der Waals surface area contributed by atoms with E-state index in [0.717, 1.165) is 5.56 Å². The Morgan fingerprint density at radius 3 is 2.47 bits per heavy atom. The van der Waals surface area contributed by atoms with Crippen molar-refractivity contribution in [2.75, 3.05) is 6.61 Å². The van der Waals surface area contributed by atoms with Gasteiger partial charge in [-0.25, -0.2) is 4.39 Å². The molecule has 15 heavy (non-hydrogen) atoms. The first-order valence-corrected chi connectivity index (χ1v) is 5.21. The van der Waals surface area contributed by atoms with Gasteiger partial charge in [0.05, 0.1) is 13.2 Å². The maximum absolute atomic E-state index is 13.1. The van der Waals surface area contributed by atoms with Crippen LogP contribution in [0.5, 0.6) is 0 Å². The quantitative estimate of drug-likeness (QED) is 0.738. The predicted octanol–water partition coefficient (Wildman–Crippen LogP) is 3.57. The van der Waals surface area contributed by atoms with Gasteiger partial charge in [-0.3, -0.25) is 0 Å². The van der Waals surface area contributed by atoms with Crippen LogP contribution in [0, 0.1) is 13.8 Å². The second-order valence-electron chi connectivity index (χ2n) is 4.64. The smallest absolute Gasteiger partial charge is 0.128 e. The molecule has 0 radical (unpaired) electrons. The number of halogens is 1. The van der Waals surface area contributed by atoms with Crippen LogP contribution in [0.2, 0.25) is 0 Å². The molecule has 1 nitrogen and oxygen atoms in total. The van der Waals surface area contributed by atoms with Crippen molar-refractivity contribution in [1.82, 2.24) is 0 Å². The molecule has 0 aliphatic carbocycles. The Morgan fingerprint density at radius 2 is 1.93 bits per heavy atom. The second kappa shape index (κ2) is 4.75. The third-order valence-corrected chi connectivity index (χ3v) is 2.20. The van der Waals surface area contributed by atoms with Crippen molar-refractivity contribution >= 4 is 0 Å². The fourth-order valence-corrected chi connectivity index (χ4v) is 1.41. The van der Waals surface area contributed by atoms with Gasteiger partial charge in [0, 0.05) is 0 Å². The summed E-state index contributed by atoms with van der Waals surface area (Å²) in [6.45, 7) is 7.78. The van der Waals surface area contributed by atoms with Crippen LogP contribution >= 0.6 is 0 Å². The Hall–Kier alpha value is -0.890. The SMILES string of the molecule is Cc1ccc(COCC(C)(C)F)c(C)c1. The summed E-state index contributed by atoms with van der Waals surface area (Å²) in [5, 5.41) is 0. The molecule has 1 aromatic rings. The number of aryl methyl sites for hydroxylation is 2. The molecular formula is C13H19FO. The van der Waals surface area contributed by atoms with Gasteiger partial charge in [-0.05, 0) is 38.8 Å². The Bertz CT molecular complexity index is 326. The third-order valence-electron chi connectivity index (χ3n) is 2.20. The van der Waals surface area contributed by atoms with Crippen molar-refractivity contribution < 1.29 is 9.13 Å². The van der Waals surface area contributed by atoms with E-state index in [1.807, 2.05) is 19.1 Å². The summed E-state index contributed by atoms with van der Waals surface area (Å²) < 4.78 is 18.5. The second-order valence-corrected chi connectivity index (χ2v) is 4.64. The summed E-state index contributed by atoms with van der Waals surface area (Å²) in [5.74, 6) is 0. The summed E-state index contributed by atoms with van der Waals surface area (Å²) >= 11 is 0. The van der Waals surface area contributed by atoms with E-state index in [1.54, 1.807) is 0 Å². The molecule has 0 saturated heterocycles. The number of benzene rings is 1. The van der Waals surface area contributed by atoms with Crippen LogP contribution in [0.3, 0.4) is 0 Å². The molecule has 0 bridgehead atoms. The van der Waals surface area contributed by atoms with Crippen LogP contribution in [0.25, 0.3) is 0 Å². The molecule has 0 heterocycles. The minimum absolute atomic E-state index is 0.139. The number of alkyl halides is 1. The van der Waals surface area contributed by atoms with Crippen LogP contribution in [-0.4, -0.2) is 12.3 Å². The summed E-state index contributed by atoms with van der Waals surface area (Å²) in [5.41, 5.74) is 2.32. The van der Waals surface area contributed by atoms with E-state index in [4.69, 9.17) is 4.74 Å². The third kappa shape index (κ3) is 4.43. The van der Waals surface area contributed by atoms with Gasteiger partial charge in [0.1, 0.15) is 5.67 Å². The van der Waals surface area contributed by atoms with E-state index in [0.29, 0.717) is 6.61 Å². The maximum Gasteiger partial charge on any atom is 0.128 e. The van der Waals surface area contributed by atoms with Gasteiger partial charge < -0.3 is 4.74 Å². The summed E-state index contributed by atoms with van der Waals surface area (Å²) in [6, 6.07) is 6.20. The minimum atomic E-state index is -1.25. The summed E-state index contributed by atoms with van der Waals surface area (Å²) in [6.07, 6.45) is 0. The molecule has 0 atom stereocenters. The van der Waals surface area contributed by atoms with E-state index >= 15 is 0 Å². The molecule has 84 valence electrons. The first kappa shape index (κ1) is 12.2. The topological polar surface area (TPSA) is 9.23 Å². The van der Waals surface area contributed by atoms with Crippen molar-refractivity contribution in [2.45, 2.75) is 40.0 Å². The highest BCUT2D eigenvalue weighted by Gasteiger charge is 2.15. The first-order chi connectivity index (χ1) is 6.88. The number of rotatable bonds is 4. The lowest BCUT2D eigenvalue weighted by molar-refractivity contribution is 0.0275. The van der Waals surface area contributed by atoms with Crippen LogP contribution < -0.4 is 0 Å². The number of hydrogen-bond donors (Lipinski definition) is 0. The molecule has 0 saturated carbocycles. The van der Waals surface area contributed by atoms with E-state index in [1.165, 1.54) is 25.0 Å². The van der Waals surface area contributed by atoms with Crippen LogP contribution in [0.4, 0.5) is 4.39 Å². The lowest BCUT2D eigenvalue weighted by atomic mass is 10.1. The monoisotopic (exact) mass is 210 g/mol. The molecule has 1 aromatic carbocycles. The fourth-order valence-electron chi connectivity index (χ4n) is 1.41. The standard InChI is InChI=1S/C13H19FO/c1-10-5-6-12(11(2)7-10)8-15-9-13(3,4)14/h5-7H,8-9H2,1-4H3. The van der Waals surface area contributed by atoms with E-state index in [9.17, 15) is 4.39 Å². The summed E-state index contributed by atoms with van der Waals surface area (Å²) in [4.78, 5) is 0. The molecule has 2 heteroatoms. The first-order valence-electron chi connectivity index (χ1n) is 5.21.